The first-order valence-corrected chi connectivity index (χ1v) is 7.19. The van der Waals surface area contributed by atoms with Gasteiger partial charge in [0.1, 0.15) is 11.6 Å². The van der Waals surface area contributed by atoms with Crippen LogP contribution in [0.3, 0.4) is 0 Å². The van der Waals surface area contributed by atoms with Gasteiger partial charge < -0.3 is 10.1 Å². The molecule has 4 nitrogen and oxygen atoms in total. The Hall–Kier alpha value is -1.97. The van der Waals surface area contributed by atoms with E-state index in [1.165, 1.54) is 35.5 Å². The Bertz CT molecular complexity index is 587. The molecule has 0 aliphatic heterocycles. The number of rotatable bonds is 4. The summed E-state index contributed by atoms with van der Waals surface area (Å²) in [5.74, 6) is 2.07. The van der Waals surface area contributed by atoms with Crippen LogP contribution in [0.5, 0.6) is 5.75 Å². The Morgan fingerprint density at radius 3 is 2.70 bits per heavy atom. The van der Waals surface area contributed by atoms with Crippen molar-refractivity contribution >= 4 is 5.82 Å². The fourth-order valence-electron chi connectivity index (χ4n) is 2.83. The van der Waals surface area contributed by atoms with Gasteiger partial charge in [-0.05, 0) is 43.4 Å². The predicted molar refractivity (Wildman–Crippen MR) is 80.2 cm³/mol. The summed E-state index contributed by atoms with van der Waals surface area (Å²) in [5.41, 5.74) is 3.93. The number of hydrogen-bond donors (Lipinski definition) is 1. The molecule has 1 aliphatic rings. The second kappa shape index (κ2) is 5.57. The van der Waals surface area contributed by atoms with Crippen molar-refractivity contribution in [1.29, 1.82) is 0 Å². The van der Waals surface area contributed by atoms with Gasteiger partial charge in [-0.15, -0.1) is 0 Å². The number of nitrogens with one attached hydrogen (secondary N) is 1. The Morgan fingerprint density at radius 2 is 1.95 bits per heavy atom. The second-order valence-corrected chi connectivity index (χ2v) is 5.31. The molecule has 0 amide bonds. The summed E-state index contributed by atoms with van der Waals surface area (Å²) in [6.45, 7) is 0.815. The molecule has 1 heterocycles. The molecular formula is C16H21N3O. The van der Waals surface area contributed by atoms with Crippen LogP contribution in [0, 0.1) is 0 Å². The van der Waals surface area contributed by atoms with E-state index in [0.717, 1.165) is 25.1 Å². The van der Waals surface area contributed by atoms with E-state index in [1.807, 2.05) is 23.9 Å². The van der Waals surface area contributed by atoms with Gasteiger partial charge in [-0.1, -0.05) is 12.1 Å². The number of hydrogen-bond acceptors (Lipinski definition) is 3. The number of aryl methyl sites for hydroxylation is 2. The minimum atomic E-state index is 0.815. The third kappa shape index (κ3) is 2.50. The Kier molecular flexibility index (Phi) is 3.63. The normalized spacial score (nSPS) is 13.9. The number of ether oxygens (including phenoxy) is 1. The quantitative estimate of drug-likeness (QED) is 0.929. The summed E-state index contributed by atoms with van der Waals surface area (Å²) < 4.78 is 7.16. The van der Waals surface area contributed by atoms with Gasteiger partial charge in [0.05, 0.1) is 12.8 Å². The SMILES string of the molecule is COc1ccc(CNc2c3c(nn2C)CCCC3)cc1. The molecule has 0 fully saturated rings. The molecule has 0 saturated heterocycles. The fraction of sp³-hybridized carbons (Fsp3) is 0.438. The van der Waals surface area contributed by atoms with E-state index >= 15 is 0 Å². The molecule has 0 spiro atoms. The van der Waals surface area contributed by atoms with Gasteiger partial charge >= 0.3 is 0 Å². The zero-order valence-corrected chi connectivity index (χ0v) is 12.1. The van der Waals surface area contributed by atoms with Crippen molar-refractivity contribution in [2.45, 2.75) is 32.2 Å². The van der Waals surface area contributed by atoms with Crippen molar-refractivity contribution in [3.05, 3.63) is 41.1 Å². The lowest BCUT2D eigenvalue weighted by molar-refractivity contribution is 0.414. The molecule has 0 radical (unpaired) electrons. The van der Waals surface area contributed by atoms with Crippen LogP contribution in [0.4, 0.5) is 5.82 Å². The maximum absolute atomic E-state index is 5.18. The third-order valence-electron chi connectivity index (χ3n) is 3.94. The van der Waals surface area contributed by atoms with Crippen LogP contribution >= 0.6 is 0 Å². The summed E-state index contributed by atoms with van der Waals surface area (Å²) in [7, 11) is 3.71. The van der Waals surface area contributed by atoms with E-state index in [1.54, 1.807) is 7.11 Å². The largest absolute Gasteiger partial charge is 0.497 e. The highest BCUT2D eigenvalue weighted by Gasteiger charge is 2.18. The van der Waals surface area contributed by atoms with Crippen molar-refractivity contribution in [3.63, 3.8) is 0 Å². The molecule has 106 valence electrons. The van der Waals surface area contributed by atoms with Crippen molar-refractivity contribution in [2.24, 2.45) is 7.05 Å². The highest BCUT2D eigenvalue weighted by Crippen LogP contribution is 2.27. The number of benzene rings is 1. The lowest BCUT2D eigenvalue weighted by Crippen LogP contribution is -2.07. The van der Waals surface area contributed by atoms with Gasteiger partial charge in [-0.3, -0.25) is 4.68 Å². The van der Waals surface area contributed by atoms with Crippen molar-refractivity contribution < 1.29 is 4.74 Å². The number of anilines is 1. The van der Waals surface area contributed by atoms with Crippen LogP contribution in [-0.4, -0.2) is 16.9 Å². The van der Waals surface area contributed by atoms with Crippen LogP contribution in [0.1, 0.15) is 29.7 Å². The van der Waals surface area contributed by atoms with Gasteiger partial charge in [0.15, 0.2) is 0 Å². The molecule has 1 aromatic carbocycles. The first-order valence-electron chi connectivity index (χ1n) is 7.19. The maximum atomic E-state index is 5.18. The van der Waals surface area contributed by atoms with Crippen LogP contribution in [0.15, 0.2) is 24.3 Å². The fourth-order valence-corrected chi connectivity index (χ4v) is 2.83. The minimum absolute atomic E-state index is 0.815. The van der Waals surface area contributed by atoms with Gasteiger partial charge in [-0.25, -0.2) is 0 Å². The standard InChI is InChI=1S/C16H21N3O/c1-19-16(14-5-3-4-6-15(14)18-19)17-11-12-7-9-13(20-2)10-8-12/h7-10,17H,3-6,11H2,1-2H3. The third-order valence-corrected chi connectivity index (χ3v) is 3.94. The number of aromatic nitrogens is 2. The molecule has 3 rings (SSSR count). The molecule has 1 aromatic heterocycles. The average molecular weight is 271 g/mol. The molecule has 0 saturated carbocycles. The number of fused-ring (bicyclic) bond motifs is 1. The molecular weight excluding hydrogens is 250 g/mol. The molecule has 0 unspecified atom stereocenters. The summed E-state index contributed by atoms with van der Waals surface area (Å²) >= 11 is 0. The van der Waals surface area contributed by atoms with Crippen molar-refractivity contribution in [2.75, 3.05) is 12.4 Å². The first-order chi connectivity index (χ1) is 9.78. The maximum Gasteiger partial charge on any atom is 0.127 e. The highest BCUT2D eigenvalue weighted by atomic mass is 16.5. The smallest absolute Gasteiger partial charge is 0.127 e. The Labute approximate surface area is 119 Å². The molecule has 0 atom stereocenters. The lowest BCUT2D eigenvalue weighted by Gasteiger charge is -2.13. The van der Waals surface area contributed by atoms with Crippen molar-refractivity contribution in [3.8, 4) is 5.75 Å². The van der Waals surface area contributed by atoms with Gasteiger partial charge in [-0.2, -0.15) is 5.10 Å². The van der Waals surface area contributed by atoms with Crippen LogP contribution in [0.2, 0.25) is 0 Å². The predicted octanol–water partition coefficient (Wildman–Crippen LogP) is 2.92. The molecule has 20 heavy (non-hydrogen) atoms. The zero-order valence-electron chi connectivity index (χ0n) is 12.1. The van der Waals surface area contributed by atoms with Gasteiger partial charge in [0.2, 0.25) is 0 Å². The molecule has 0 bridgehead atoms. The van der Waals surface area contributed by atoms with Crippen LogP contribution < -0.4 is 10.1 Å². The number of nitrogens with zero attached hydrogens (tertiary/aromatic N) is 2. The summed E-state index contributed by atoms with van der Waals surface area (Å²) in [4.78, 5) is 0. The van der Waals surface area contributed by atoms with E-state index in [2.05, 4.69) is 22.5 Å². The lowest BCUT2D eigenvalue weighted by atomic mass is 9.97. The monoisotopic (exact) mass is 271 g/mol. The first kappa shape index (κ1) is 13.0. The number of methoxy groups -OCH3 is 1. The Balaban J connectivity index is 1.73. The Morgan fingerprint density at radius 1 is 1.20 bits per heavy atom. The van der Waals surface area contributed by atoms with E-state index < -0.39 is 0 Å². The zero-order chi connectivity index (χ0) is 13.9. The van der Waals surface area contributed by atoms with E-state index in [9.17, 15) is 0 Å². The second-order valence-electron chi connectivity index (χ2n) is 5.31. The van der Waals surface area contributed by atoms with Crippen molar-refractivity contribution in [1.82, 2.24) is 9.78 Å². The summed E-state index contributed by atoms with van der Waals surface area (Å²) in [5, 5.41) is 8.16. The van der Waals surface area contributed by atoms with E-state index in [0.29, 0.717) is 0 Å². The minimum Gasteiger partial charge on any atom is -0.497 e. The van der Waals surface area contributed by atoms with E-state index in [-0.39, 0.29) is 0 Å². The molecule has 4 heteroatoms. The van der Waals surface area contributed by atoms with Crippen LogP contribution in [-0.2, 0) is 26.4 Å². The van der Waals surface area contributed by atoms with Gasteiger partial charge in [0.25, 0.3) is 0 Å². The summed E-state index contributed by atoms with van der Waals surface area (Å²) in [6.07, 6.45) is 4.80. The molecule has 1 aliphatic carbocycles. The van der Waals surface area contributed by atoms with Crippen LogP contribution in [0.25, 0.3) is 0 Å². The van der Waals surface area contributed by atoms with Gasteiger partial charge in [0, 0.05) is 19.2 Å². The summed E-state index contributed by atoms with van der Waals surface area (Å²) in [6, 6.07) is 8.18. The topological polar surface area (TPSA) is 39.1 Å². The molecule has 2 aromatic rings. The van der Waals surface area contributed by atoms with E-state index in [4.69, 9.17) is 4.74 Å². The average Bonchev–Trinajstić information content (AvgIpc) is 2.81. The highest BCUT2D eigenvalue weighted by molar-refractivity contribution is 5.49. The molecule has 1 N–H and O–H groups in total.